The van der Waals surface area contributed by atoms with Crippen molar-refractivity contribution in [2.24, 2.45) is 0 Å². The van der Waals surface area contributed by atoms with Gasteiger partial charge in [-0.05, 0) is 37.3 Å². The molecular formula is C17H17FN2O2. The summed E-state index contributed by atoms with van der Waals surface area (Å²) in [5, 5.41) is 2.52. The smallest absolute Gasteiger partial charge is 0.236 e. The molecule has 0 heterocycles. The molecule has 5 heteroatoms. The molecule has 0 saturated heterocycles. The lowest BCUT2D eigenvalue weighted by Crippen LogP contribution is -2.33. The van der Waals surface area contributed by atoms with Gasteiger partial charge in [0, 0.05) is 17.9 Å². The van der Waals surface area contributed by atoms with E-state index in [1.807, 2.05) is 37.3 Å². The summed E-state index contributed by atoms with van der Waals surface area (Å²) in [6.45, 7) is 2.31. The number of para-hydroxylation sites is 1. The lowest BCUT2D eigenvalue weighted by Gasteiger charge is -2.20. The maximum absolute atomic E-state index is 13.1. The predicted molar refractivity (Wildman–Crippen MR) is 84.1 cm³/mol. The van der Waals surface area contributed by atoms with E-state index in [0.717, 1.165) is 5.69 Å². The predicted octanol–water partition coefficient (Wildman–Crippen LogP) is 3.21. The summed E-state index contributed by atoms with van der Waals surface area (Å²) in [5.74, 6) is -1.21. The quantitative estimate of drug-likeness (QED) is 0.862. The maximum atomic E-state index is 13.1. The van der Waals surface area contributed by atoms with Gasteiger partial charge < -0.3 is 10.2 Å². The van der Waals surface area contributed by atoms with Gasteiger partial charge in [-0.1, -0.05) is 24.3 Å². The first-order valence-electron chi connectivity index (χ1n) is 7.01. The van der Waals surface area contributed by atoms with Gasteiger partial charge >= 0.3 is 0 Å². The number of carbonyl (C=O) groups is 2. The number of hydrogen-bond donors (Lipinski definition) is 1. The van der Waals surface area contributed by atoms with E-state index in [2.05, 4.69) is 5.32 Å². The third-order valence-corrected chi connectivity index (χ3v) is 3.11. The SMILES string of the molecule is CCN(C(=O)CC(=O)Nc1cccc(F)c1)c1ccccc1. The second-order valence-corrected chi connectivity index (χ2v) is 4.71. The summed E-state index contributed by atoms with van der Waals surface area (Å²) >= 11 is 0. The number of hydrogen-bond acceptors (Lipinski definition) is 2. The number of rotatable bonds is 5. The van der Waals surface area contributed by atoms with E-state index >= 15 is 0 Å². The van der Waals surface area contributed by atoms with E-state index in [1.54, 1.807) is 6.07 Å². The van der Waals surface area contributed by atoms with E-state index in [-0.39, 0.29) is 12.3 Å². The van der Waals surface area contributed by atoms with Gasteiger partial charge in [0.05, 0.1) is 0 Å². The van der Waals surface area contributed by atoms with Crippen molar-refractivity contribution >= 4 is 23.2 Å². The molecule has 2 aromatic carbocycles. The fourth-order valence-corrected chi connectivity index (χ4v) is 2.12. The van der Waals surface area contributed by atoms with Crippen molar-refractivity contribution in [1.82, 2.24) is 0 Å². The topological polar surface area (TPSA) is 49.4 Å². The molecule has 0 aliphatic carbocycles. The largest absolute Gasteiger partial charge is 0.326 e. The molecule has 1 N–H and O–H groups in total. The molecule has 0 spiro atoms. The van der Waals surface area contributed by atoms with Gasteiger partial charge in [0.2, 0.25) is 11.8 Å². The van der Waals surface area contributed by atoms with Crippen LogP contribution in [0.3, 0.4) is 0 Å². The Hall–Kier alpha value is -2.69. The highest BCUT2D eigenvalue weighted by Gasteiger charge is 2.17. The average Bonchev–Trinajstić information content (AvgIpc) is 2.49. The lowest BCUT2D eigenvalue weighted by atomic mass is 10.2. The molecule has 0 radical (unpaired) electrons. The Morgan fingerprint density at radius 3 is 2.45 bits per heavy atom. The fourth-order valence-electron chi connectivity index (χ4n) is 2.12. The summed E-state index contributed by atoms with van der Waals surface area (Å²) < 4.78 is 13.1. The second kappa shape index (κ2) is 7.36. The Kier molecular flexibility index (Phi) is 5.25. The van der Waals surface area contributed by atoms with Crippen LogP contribution in [0, 0.1) is 5.82 Å². The van der Waals surface area contributed by atoms with Crippen LogP contribution in [-0.4, -0.2) is 18.4 Å². The monoisotopic (exact) mass is 300 g/mol. The zero-order valence-electron chi connectivity index (χ0n) is 12.3. The molecule has 2 aromatic rings. The first-order chi connectivity index (χ1) is 10.6. The van der Waals surface area contributed by atoms with Crippen LogP contribution in [-0.2, 0) is 9.59 Å². The third kappa shape index (κ3) is 4.15. The minimum absolute atomic E-state index is 0.292. The van der Waals surface area contributed by atoms with E-state index in [4.69, 9.17) is 0 Å². The molecule has 0 aliphatic heterocycles. The van der Waals surface area contributed by atoms with Crippen LogP contribution in [0.15, 0.2) is 54.6 Å². The van der Waals surface area contributed by atoms with Gasteiger partial charge in [0.25, 0.3) is 0 Å². The Labute approximate surface area is 128 Å². The zero-order chi connectivity index (χ0) is 15.9. The van der Waals surface area contributed by atoms with Crippen LogP contribution in [0.4, 0.5) is 15.8 Å². The first kappa shape index (κ1) is 15.7. The molecule has 0 atom stereocenters. The summed E-state index contributed by atoms with van der Waals surface area (Å²) in [6, 6.07) is 14.7. The Bertz CT molecular complexity index is 659. The van der Waals surface area contributed by atoms with Crippen LogP contribution in [0.2, 0.25) is 0 Å². The maximum Gasteiger partial charge on any atom is 0.236 e. The van der Waals surface area contributed by atoms with Gasteiger partial charge in [0.15, 0.2) is 0 Å². The number of benzene rings is 2. The molecule has 0 aromatic heterocycles. The molecule has 0 bridgehead atoms. The number of nitrogens with zero attached hydrogens (tertiary/aromatic N) is 1. The highest BCUT2D eigenvalue weighted by Crippen LogP contribution is 2.15. The van der Waals surface area contributed by atoms with Crippen molar-refractivity contribution in [1.29, 1.82) is 0 Å². The van der Waals surface area contributed by atoms with Crippen molar-refractivity contribution in [2.45, 2.75) is 13.3 Å². The molecule has 22 heavy (non-hydrogen) atoms. The van der Waals surface area contributed by atoms with Crippen molar-refractivity contribution < 1.29 is 14.0 Å². The van der Waals surface area contributed by atoms with Crippen molar-refractivity contribution in [3.05, 3.63) is 60.4 Å². The minimum Gasteiger partial charge on any atom is -0.326 e. The van der Waals surface area contributed by atoms with Crippen molar-refractivity contribution in [2.75, 3.05) is 16.8 Å². The van der Waals surface area contributed by atoms with Gasteiger partial charge in [-0.2, -0.15) is 0 Å². The van der Waals surface area contributed by atoms with Crippen LogP contribution >= 0.6 is 0 Å². The second-order valence-electron chi connectivity index (χ2n) is 4.71. The number of carbonyl (C=O) groups excluding carboxylic acids is 2. The normalized spacial score (nSPS) is 10.1. The van der Waals surface area contributed by atoms with Crippen LogP contribution < -0.4 is 10.2 Å². The molecule has 0 saturated carbocycles. The summed E-state index contributed by atoms with van der Waals surface area (Å²) in [7, 11) is 0. The molecule has 2 rings (SSSR count). The van der Waals surface area contributed by atoms with Gasteiger partial charge in [-0.3, -0.25) is 9.59 Å². The van der Waals surface area contributed by atoms with E-state index in [1.165, 1.54) is 23.1 Å². The number of halogens is 1. The minimum atomic E-state index is -0.468. The van der Waals surface area contributed by atoms with Crippen LogP contribution in [0.25, 0.3) is 0 Å². The van der Waals surface area contributed by atoms with Crippen molar-refractivity contribution in [3.8, 4) is 0 Å². The van der Waals surface area contributed by atoms with Gasteiger partial charge in [0.1, 0.15) is 12.2 Å². The number of nitrogens with one attached hydrogen (secondary N) is 1. The zero-order valence-corrected chi connectivity index (χ0v) is 12.3. The summed E-state index contributed by atoms with van der Waals surface area (Å²) in [5.41, 5.74) is 1.08. The Balaban J connectivity index is 1.99. The van der Waals surface area contributed by atoms with Gasteiger partial charge in [-0.15, -0.1) is 0 Å². The summed E-state index contributed by atoms with van der Waals surface area (Å²) in [6.07, 6.45) is -0.292. The number of anilines is 2. The van der Waals surface area contributed by atoms with E-state index in [0.29, 0.717) is 12.2 Å². The van der Waals surface area contributed by atoms with Crippen molar-refractivity contribution in [3.63, 3.8) is 0 Å². The number of amides is 2. The standard InChI is InChI=1S/C17H17FN2O2/c1-2-20(15-9-4-3-5-10-15)17(22)12-16(21)19-14-8-6-7-13(18)11-14/h3-11H,2,12H2,1H3,(H,19,21). The molecule has 114 valence electrons. The highest BCUT2D eigenvalue weighted by atomic mass is 19.1. The molecule has 4 nitrogen and oxygen atoms in total. The molecular weight excluding hydrogens is 283 g/mol. The Morgan fingerprint density at radius 2 is 1.82 bits per heavy atom. The average molecular weight is 300 g/mol. The Morgan fingerprint density at radius 1 is 1.09 bits per heavy atom. The summed E-state index contributed by atoms with van der Waals surface area (Å²) in [4.78, 5) is 25.7. The fraction of sp³-hybridized carbons (Fsp3) is 0.176. The van der Waals surface area contributed by atoms with E-state index < -0.39 is 11.7 Å². The van der Waals surface area contributed by atoms with Crippen LogP contribution in [0.1, 0.15) is 13.3 Å². The first-order valence-corrected chi connectivity index (χ1v) is 7.01. The molecule has 0 fully saturated rings. The molecule has 2 amide bonds. The molecule has 0 aliphatic rings. The molecule has 0 unspecified atom stereocenters. The van der Waals surface area contributed by atoms with Gasteiger partial charge in [-0.25, -0.2) is 4.39 Å². The highest BCUT2D eigenvalue weighted by molar-refractivity contribution is 6.09. The third-order valence-electron chi connectivity index (χ3n) is 3.11. The van der Waals surface area contributed by atoms with E-state index in [9.17, 15) is 14.0 Å². The van der Waals surface area contributed by atoms with Crippen LogP contribution in [0.5, 0.6) is 0 Å². The lowest BCUT2D eigenvalue weighted by molar-refractivity contribution is -0.125.